The topological polar surface area (TPSA) is 66.4 Å². The Labute approximate surface area is 103 Å². The number of aliphatic carboxylic acids is 1. The molecule has 0 heterocycles. The van der Waals surface area contributed by atoms with Gasteiger partial charge < -0.3 is 10.4 Å². The number of nitrogens with one attached hydrogen (secondary N) is 1. The van der Waals surface area contributed by atoms with Crippen molar-refractivity contribution in [3.63, 3.8) is 0 Å². The Morgan fingerprint density at radius 3 is 2.41 bits per heavy atom. The van der Waals surface area contributed by atoms with Gasteiger partial charge in [0.05, 0.1) is 0 Å². The van der Waals surface area contributed by atoms with Gasteiger partial charge in [-0.25, -0.2) is 4.79 Å². The van der Waals surface area contributed by atoms with E-state index < -0.39 is 11.5 Å². The summed E-state index contributed by atoms with van der Waals surface area (Å²) in [5, 5.41) is 12.1. The molecule has 4 nitrogen and oxygen atoms in total. The highest BCUT2D eigenvalue weighted by atomic mass is 16.4. The quantitative estimate of drug-likeness (QED) is 0.776. The van der Waals surface area contributed by atoms with E-state index in [2.05, 4.69) is 12.2 Å². The molecule has 1 rings (SSSR count). The van der Waals surface area contributed by atoms with E-state index in [-0.39, 0.29) is 5.91 Å². The van der Waals surface area contributed by atoms with Gasteiger partial charge in [0, 0.05) is 6.42 Å². The molecule has 4 heteroatoms. The van der Waals surface area contributed by atoms with E-state index in [0.29, 0.717) is 25.2 Å². The number of unbranched alkanes of at least 4 members (excludes halogenated alkanes) is 1. The third kappa shape index (κ3) is 3.72. The van der Waals surface area contributed by atoms with Gasteiger partial charge in [0.1, 0.15) is 5.54 Å². The molecule has 0 bridgehead atoms. The number of carboxylic acids is 1. The summed E-state index contributed by atoms with van der Waals surface area (Å²) in [7, 11) is 0. The van der Waals surface area contributed by atoms with Crippen molar-refractivity contribution < 1.29 is 14.7 Å². The maximum absolute atomic E-state index is 11.7. The molecule has 0 saturated heterocycles. The summed E-state index contributed by atoms with van der Waals surface area (Å²) < 4.78 is 0. The van der Waals surface area contributed by atoms with Crippen LogP contribution < -0.4 is 5.32 Å². The van der Waals surface area contributed by atoms with Crippen LogP contribution in [-0.4, -0.2) is 22.5 Å². The second-order valence-corrected chi connectivity index (χ2v) is 5.22. The summed E-state index contributed by atoms with van der Waals surface area (Å²) in [6.45, 7) is 4.15. The zero-order valence-electron chi connectivity index (χ0n) is 10.8. The summed E-state index contributed by atoms with van der Waals surface area (Å²) in [4.78, 5) is 23.1. The van der Waals surface area contributed by atoms with Crippen molar-refractivity contribution in [2.75, 3.05) is 0 Å². The van der Waals surface area contributed by atoms with Gasteiger partial charge in [-0.05, 0) is 38.0 Å². The lowest BCUT2D eigenvalue weighted by Crippen LogP contribution is -2.56. The first-order valence-corrected chi connectivity index (χ1v) is 6.54. The maximum Gasteiger partial charge on any atom is 0.329 e. The fourth-order valence-electron chi connectivity index (χ4n) is 2.31. The number of hydrogen-bond acceptors (Lipinski definition) is 2. The predicted molar refractivity (Wildman–Crippen MR) is 65.7 cm³/mol. The van der Waals surface area contributed by atoms with E-state index in [9.17, 15) is 14.7 Å². The molecular formula is C13H23NO3. The highest BCUT2D eigenvalue weighted by molar-refractivity contribution is 5.87. The zero-order chi connectivity index (χ0) is 12.9. The summed E-state index contributed by atoms with van der Waals surface area (Å²) >= 11 is 0. The minimum absolute atomic E-state index is 0.121. The lowest BCUT2D eigenvalue weighted by molar-refractivity contribution is -0.149. The van der Waals surface area contributed by atoms with Gasteiger partial charge in [0.25, 0.3) is 0 Å². The van der Waals surface area contributed by atoms with Gasteiger partial charge in [-0.3, -0.25) is 4.79 Å². The average molecular weight is 241 g/mol. The highest BCUT2D eigenvalue weighted by Gasteiger charge is 2.42. The van der Waals surface area contributed by atoms with Crippen molar-refractivity contribution in [3.05, 3.63) is 0 Å². The number of carboxylic acid groups (broad SMARTS) is 1. The molecule has 2 N–H and O–H groups in total. The van der Waals surface area contributed by atoms with Gasteiger partial charge in [-0.1, -0.05) is 20.3 Å². The Hall–Kier alpha value is -1.06. The van der Waals surface area contributed by atoms with Gasteiger partial charge >= 0.3 is 5.97 Å². The molecule has 17 heavy (non-hydrogen) atoms. The summed E-state index contributed by atoms with van der Waals surface area (Å²) in [6, 6.07) is 0. The van der Waals surface area contributed by atoms with Crippen molar-refractivity contribution in [3.8, 4) is 0 Å². The monoisotopic (exact) mass is 241 g/mol. The number of rotatable bonds is 5. The maximum atomic E-state index is 11.7. The van der Waals surface area contributed by atoms with Crippen molar-refractivity contribution in [2.24, 2.45) is 5.92 Å². The van der Waals surface area contributed by atoms with Crippen molar-refractivity contribution >= 4 is 11.9 Å². The normalized spacial score (nSPS) is 28.7. The SMILES string of the molecule is CCCCC(=O)NC1(C(=O)O)CCC(C)CC1. The first-order chi connectivity index (χ1) is 8.00. The second-order valence-electron chi connectivity index (χ2n) is 5.22. The second kappa shape index (κ2) is 6.03. The number of amides is 1. The summed E-state index contributed by atoms with van der Waals surface area (Å²) in [5.41, 5.74) is -1.00. The molecule has 1 fully saturated rings. The predicted octanol–water partition coefficient (Wildman–Crippen LogP) is 2.33. The Kier molecular flexibility index (Phi) is 4.97. The van der Waals surface area contributed by atoms with Gasteiger partial charge in [0.2, 0.25) is 5.91 Å². The largest absolute Gasteiger partial charge is 0.480 e. The van der Waals surface area contributed by atoms with Gasteiger partial charge in [-0.15, -0.1) is 0 Å². The first kappa shape index (κ1) is 14.0. The van der Waals surface area contributed by atoms with Crippen LogP contribution in [0.1, 0.15) is 58.8 Å². The van der Waals surface area contributed by atoms with Crippen LogP contribution >= 0.6 is 0 Å². The fraction of sp³-hybridized carbons (Fsp3) is 0.846. The zero-order valence-corrected chi connectivity index (χ0v) is 10.8. The van der Waals surface area contributed by atoms with E-state index in [0.717, 1.165) is 25.7 Å². The molecule has 0 aliphatic heterocycles. The molecule has 0 spiro atoms. The third-order valence-electron chi connectivity index (χ3n) is 3.67. The van der Waals surface area contributed by atoms with Crippen LogP contribution in [0.2, 0.25) is 0 Å². The fourth-order valence-corrected chi connectivity index (χ4v) is 2.31. The van der Waals surface area contributed by atoms with Gasteiger partial charge in [-0.2, -0.15) is 0 Å². The minimum Gasteiger partial charge on any atom is -0.480 e. The Balaban J connectivity index is 2.60. The van der Waals surface area contributed by atoms with Crippen LogP contribution in [0.3, 0.4) is 0 Å². The molecule has 1 aliphatic rings. The minimum atomic E-state index is -1.00. The molecule has 98 valence electrons. The van der Waals surface area contributed by atoms with E-state index >= 15 is 0 Å². The van der Waals surface area contributed by atoms with Crippen LogP contribution in [0, 0.1) is 5.92 Å². The number of carbonyl (C=O) groups is 2. The summed E-state index contributed by atoms with van der Waals surface area (Å²) in [5.74, 6) is -0.437. The smallest absolute Gasteiger partial charge is 0.329 e. The van der Waals surface area contributed by atoms with Crippen molar-refractivity contribution in [2.45, 2.75) is 64.3 Å². The molecule has 0 aromatic carbocycles. The molecule has 0 unspecified atom stereocenters. The molecular weight excluding hydrogens is 218 g/mol. The van der Waals surface area contributed by atoms with E-state index in [1.54, 1.807) is 0 Å². The molecule has 0 radical (unpaired) electrons. The standard InChI is InChI=1S/C13H23NO3/c1-3-4-5-11(15)14-13(12(16)17)8-6-10(2)7-9-13/h10H,3-9H2,1-2H3,(H,14,15)(H,16,17). The Morgan fingerprint density at radius 2 is 1.94 bits per heavy atom. The van der Waals surface area contributed by atoms with Crippen molar-refractivity contribution in [1.29, 1.82) is 0 Å². The molecule has 1 amide bonds. The summed E-state index contributed by atoms with van der Waals surface area (Å²) in [6.07, 6.45) is 5.06. The van der Waals surface area contributed by atoms with E-state index in [1.165, 1.54) is 0 Å². The number of carbonyl (C=O) groups excluding carboxylic acids is 1. The van der Waals surface area contributed by atoms with Crippen LogP contribution in [-0.2, 0) is 9.59 Å². The highest BCUT2D eigenvalue weighted by Crippen LogP contribution is 2.32. The van der Waals surface area contributed by atoms with E-state index in [1.807, 2.05) is 6.92 Å². The third-order valence-corrected chi connectivity index (χ3v) is 3.67. The van der Waals surface area contributed by atoms with Crippen LogP contribution in [0.5, 0.6) is 0 Å². The molecule has 1 saturated carbocycles. The Bertz CT molecular complexity index is 280. The van der Waals surface area contributed by atoms with Crippen LogP contribution in [0.25, 0.3) is 0 Å². The lowest BCUT2D eigenvalue weighted by atomic mass is 9.77. The van der Waals surface area contributed by atoms with Gasteiger partial charge in [0.15, 0.2) is 0 Å². The molecule has 0 aromatic heterocycles. The average Bonchev–Trinajstić information content (AvgIpc) is 2.29. The Morgan fingerprint density at radius 1 is 1.35 bits per heavy atom. The van der Waals surface area contributed by atoms with Crippen molar-refractivity contribution in [1.82, 2.24) is 5.32 Å². The molecule has 0 aromatic rings. The molecule has 0 atom stereocenters. The first-order valence-electron chi connectivity index (χ1n) is 6.54. The molecule has 1 aliphatic carbocycles. The van der Waals surface area contributed by atoms with Crippen LogP contribution in [0.4, 0.5) is 0 Å². The van der Waals surface area contributed by atoms with E-state index in [4.69, 9.17) is 0 Å². The lowest BCUT2D eigenvalue weighted by Gasteiger charge is -2.36. The number of hydrogen-bond donors (Lipinski definition) is 2. The van der Waals surface area contributed by atoms with Crippen LogP contribution in [0.15, 0.2) is 0 Å².